The van der Waals surface area contributed by atoms with Crippen LogP contribution >= 0.6 is 19.0 Å². The van der Waals surface area contributed by atoms with Crippen LogP contribution in [0, 0.1) is 17.0 Å². The second-order valence-corrected chi connectivity index (χ2v) is 10.3. The molecule has 4 saturated carbocycles. The number of rotatable bonds is 4. The van der Waals surface area contributed by atoms with Crippen LogP contribution in [0.15, 0.2) is 0 Å². The first-order chi connectivity index (χ1) is 8.99. The smallest absolute Gasteiger partial charge is 0.267 e. The van der Waals surface area contributed by atoms with Crippen molar-refractivity contribution in [2.24, 2.45) is 11.8 Å². The van der Waals surface area contributed by atoms with Crippen LogP contribution in [-0.4, -0.2) is 11.2 Å². The molecule has 0 radical (unpaired) electrons. The molecule has 0 spiro atoms. The van der Waals surface area contributed by atoms with Gasteiger partial charge in [-0.15, -0.1) is 0 Å². The fourth-order valence-electron chi connectivity index (χ4n) is 5.08. The van der Waals surface area contributed by atoms with Gasteiger partial charge in [0.15, 0.2) is 0 Å². The average Bonchev–Trinajstić information content (AvgIpc) is 3.05. The van der Waals surface area contributed by atoms with Gasteiger partial charge in [0.05, 0.1) is 11.2 Å². The first-order valence-electron chi connectivity index (χ1n) is 7.77. The zero-order valence-corrected chi connectivity index (χ0v) is 13.2. The van der Waals surface area contributed by atoms with Gasteiger partial charge in [0, 0.05) is 0 Å². The Balaban J connectivity index is 1.46. The number of hydrogen-bond donors (Lipinski definition) is 2. The number of thiol groups is 1. The summed E-state index contributed by atoms with van der Waals surface area (Å²) in [7, 11) is 0. The fourth-order valence-corrected chi connectivity index (χ4v) is 7.72. The highest BCUT2D eigenvalue weighted by Gasteiger charge is 2.52. The minimum Gasteiger partial charge on any atom is -0.310 e. The molecule has 19 heavy (non-hydrogen) atoms. The van der Waals surface area contributed by atoms with Crippen molar-refractivity contribution >= 4 is 19.0 Å². The third kappa shape index (κ3) is 2.33. The molecular formula is C14H24NO2PS. The molecule has 108 valence electrons. The van der Waals surface area contributed by atoms with Gasteiger partial charge in [0.25, 0.3) is 6.71 Å². The fraction of sp³-hybridized carbons (Fsp3) is 1.00. The highest BCUT2D eigenvalue weighted by Crippen LogP contribution is 2.67. The third-order valence-electron chi connectivity index (χ3n) is 5.99. The summed E-state index contributed by atoms with van der Waals surface area (Å²) in [6.45, 7) is -2.71. The van der Waals surface area contributed by atoms with E-state index in [2.05, 4.69) is 12.2 Å². The standard InChI is InChI=1S/C14H24NO2PS/c15-18(19,16-13-5-1-11(9-13)2-6-13)17-14-7-3-12(10-14)4-8-14/h11-12H,1-10H2,(H2,15,19). The molecule has 0 aromatic rings. The lowest BCUT2D eigenvalue weighted by atomic mass is 9.98. The van der Waals surface area contributed by atoms with Gasteiger partial charge in [-0.05, 0) is 76.0 Å². The van der Waals surface area contributed by atoms with Crippen LogP contribution in [0.4, 0.5) is 0 Å². The third-order valence-corrected chi connectivity index (χ3v) is 7.75. The summed E-state index contributed by atoms with van der Waals surface area (Å²) in [5, 5.41) is 8.48. The van der Waals surface area contributed by atoms with Crippen LogP contribution in [0.3, 0.4) is 0 Å². The molecule has 3 nitrogen and oxygen atoms in total. The van der Waals surface area contributed by atoms with Gasteiger partial charge in [0.1, 0.15) is 0 Å². The van der Waals surface area contributed by atoms with Crippen LogP contribution in [0.1, 0.15) is 64.2 Å². The molecule has 0 saturated heterocycles. The van der Waals surface area contributed by atoms with Gasteiger partial charge in [-0.3, -0.25) is 5.16 Å². The second kappa shape index (κ2) is 4.25. The molecule has 5 heteroatoms. The molecule has 0 amide bonds. The first-order valence-corrected chi connectivity index (χ1v) is 10.5. The summed E-state index contributed by atoms with van der Waals surface area (Å²) in [5.41, 5.74) is -0.0929. The van der Waals surface area contributed by atoms with Crippen molar-refractivity contribution in [3.63, 3.8) is 0 Å². The van der Waals surface area contributed by atoms with E-state index in [0.29, 0.717) is 0 Å². The van der Waals surface area contributed by atoms with E-state index in [-0.39, 0.29) is 11.2 Å². The summed E-state index contributed by atoms with van der Waals surface area (Å²) >= 11 is 4.52. The van der Waals surface area contributed by atoms with Crippen LogP contribution < -0.4 is 0 Å². The van der Waals surface area contributed by atoms with Gasteiger partial charge < -0.3 is 9.05 Å². The van der Waals surface area contributed by atoms with E-state index >= 15 is 0 Å². The van der Waals surface area contributed by atoms with Crippen molar-refractivity contribution in [1.29, 1.82) is 5.16 Å². The Morgan fingerprint density at radius 1 is 0.842 bits per heavy atom. The molecule has 0 heterocycles. The predicted molar refractivity (Wildman–Crippen MR) is 79.4 cm³/mol. The number of fused-ring (bicyclic) bond motifs is 4. The Morgan fingerprint density at radius 2 is 1.21 bits per heavy atom. The minimum absolute atomic E-state index is 0.0464. The Labute approximate surface area is 121 Å². The predicted octanol–water partition coefficient (Wildman–Crippen LogP) is 5.14. The Hall–Kier alpha value is 0.500. The molecule has 0 atom stereocenters. The molecule has 4 aliphatic rings. The minimum atomic E-state index is -2.71. The lowest BCUT2D eigenvalue weighted by Gasteiger charge is -2.36. The van der Waals surface area contributed by atoms with E-state index in [4.69, 9.17) is 14.2 Å². The van der Waals surface area contributed by atoms with Crippen molar-refractivity contribution in [2.75, 3.05) is 0 Å². The quantitative estimate of drug-likeness (QED) is 0.557. The molecule has 0 unspecified atom stereocenters. The van der Waals surface area contributed by atoms with Crippen molar-refractivity contribution in [3.05, 3.63) is 0 Å². The number of nitrogens with one attached hydrogen (secondary N) is 1. The normalized spacial score (nSPS) is 50.8. The van der Waals surface area contributed by atoms with Crippen molar-refractivity contribution in [3.8, 4) is 0 Å². The molecule has 0 aromatic carbocycles. The van der Waals surface area contributed by atoms with Crippen molar-refractivity contribution in [2.45, 2.75) is 75.4 Å². The van der Waals surface area contributed by atoms with E-state index in [9.17, 15) is 0 Å². The summed E-state index contributed by atoms with van der Waals surface area (Å²) in [5.74, 6) is 1.68. The molecule has 0 aliphatic heterocycles. The van der Waals surface area contributed by atoms with E-state index in [1.807, 2.05) is 0 Å². The molecule has 4 aliphatic carbocycles. The second-order valence-electron chi connectivity index (χ2n) is 7.36. The molecule has 1 N–H and O–H groups in total. The monoisotopic (exact) mass is 301 g/mol. The van der Waals surface area contributed by atoms with Gasteiger partial charge in [-0.1, -0.05) is 12.2 Å². The highest BCUT2D eigenvalue weighted by atomic mass is 32.7. The van der Waals surface area contributed by atoms with Crippen LogP contribution in [0.5, 0.6) is 0 Å². The lowest BCUT2D eigenvalue weighted by Crippen LogP contribution is -2.29. The topological polar surface area (TPSA) is 42.3 Å². The van der Waals surface area contributed by atoms with Gasteiger partial charge in [-0.2, -0.15) is 0 Å². The summed E-state index contributed by atoms with van der Waals surface area (Å²) in [4.78, 5) is 0. The van der Waals surface area contributed by atoms with Crippen molar-refractivity contribution in [1.82, 2.24) is 0 Å². The van der Waals surface area contributed by atoms with Gasteiger partial charge >= 0.3 is 0 Å². The maximum absolute atomic E-state index is 8.48. The van der Waals surface area contributed by atoms with E-state index in [1.54, 1.807) is 0 Å². The van der Waals surface area contributed by atoms with Gasteiger partial charge in [0.2, 0.25) is 0 Å². The Bertz CT molecular complexity index is 389. The van der Waals surface area contributed by atoms with Gasteiger partial charge in [-0.25, -0.2) is 0 Å². The van der Waals surface area contributed by atoms with Crippen LogP contribution in [-0.2, 0) is 9.05 Å². The zero-order valence-electron chi connectivity index (χ0n) is 11.4. The molecule has 4 bridgehead atoms. The zero-order chi connectivity index (χ0) is 13.1. The molecule has 4 fully saturated rings. The average molecular weight is 301 g/mol. The van der Waals surface area contributed by atoms with E-state index in [0.717, 1.165) is 50.4 Å². The Kier molecular flexibility index (Phi) is 2.95. The maximum atomic E-state index is 8.48. The summed E-state index contributed by atoms with van der Waals surface area (Å²) in [6.07, 6.45) is 11.9. The molecular weight excluding hydrogens is 277 g/mol. The van der Waals surface area contributed by atoms with E-state index < -0.39 is 6.71 Å². The van der Waals surface area contributed by atoms with Crippen LogP contribution in [0.2, 0.25) is 0 Å². The maximum Gasteiger partial charge on any atom is 0.267 e. The van der Waals surface area contributed by atoms with Crippen LogP contribution in [0.25, 0.3) is 0 Å². The summed E-state index contributed by atoms with van der Waals surface area (Å²) < 4.78 is 12.4. The molecule has 4 rings (SSSR count). The van der Waals surface area contributed by atoms with E-state index in [1.165, 1.54) is 25.7 Å². The SMILES string of the molecule is N=P(S)(OC12CCC(CC1)C2)OC12CCC(CC1)C2. The first kappa shape index (κ1) is 13.2. The van der Waals surface area contributed by atoms with Crippen molar-refractivity contribution < 1.29 is 9.05 Å². The summed E-state index contributed by atoms with van der Waals surface area (Å²) in [6, 6.07) is 0. The lowest BCUT2D eigenvalue weighted by molar-refractivity contribution is 0.0286. The highest BCUT2D eigenvalue weighted by molar-refractivity contribution is 8.45. The Morgan fingerprint density at radius 3 is 1.47 bits per heavy atom. The largest absolute Gasteiger partial charge is 0.310 e. The molecule has 0 aromatic heterocycles. The number of hydrogen-bond acceptors (Lipinski definition) is 3.